The minimum atomic E-state index is -1.27. The van der Waals surface area contributed by atoms with Gasteiger partial charge in [-0.25, -0.2) is 0 Å². The molecule has 2 N–H and O–H groups in total. The summed E-state index contributed by atoms with van der Waals surface area (Å²) in [7, 11) is 0. The second-order valence-corrected chi connectivity index (χ2v) is 2.04. The lowest BCUT2D eigenvalue weighted by atomic mass is 10.3. The number of rotatable bonds is 0. The fourth-order valence-electron chi connectivity index (χ4n) is 0.662. The van der Waals surface area contributed by atoms with E-state index in [9.17, 15) is 4.79 Å². The van der Waals surface area contributed by atoms with Crippen LogP contribution in [0.5, 0.6) is 0 Å². The molecule has 0 saturated carbocycles. The number of hydrogen-bond donors (Lipinski definition) is 2. The Morgan fingerprint density at radius 2 is 2.56 bits per heavy atom. The van der Waals surface area contributed by atoms with Gasteiger partial charge in [-0.1, -0.05) is 0 Å². The van der Waals surface area contributed by atoms with E-state index in [0.717, 1.165) is 0 Å². The van der Waals surface area contributed by atoms with Crippen LogP contribution in [-0.4, -0.2) is 30.0 Å². The number of carbonyl (C=O) groups excluding carboxylic acids is 1. The molecule has 1 amide bonds. The predicted octanol–water partition coefficient (Wildman–Crippen LogP) is -1.16. The van der Waals surface area contributed by atoms with Crippen LogP contribution in [0.2, 0.25) is 0 Å². The van der Waals surface area contributed by atoms with Crippen LogP contribution in [-0.2, 0) is 9.53 Å². The first kappa shape index (κ1) is 6.51. The van der Waals surface area contributed by atoms with Crippen LogP contribution in [0.25, 0.3) is 0 Å². The molecule has 0 aromatic rings. The van der Waals surface area contributed by atoms with Crippen LogP contribution in [0, 0.1) is 0 Å². The number of ether oxygens (including phenoxy) is 1. The molecule has 0 aromatic carbocycles. The van der Waals surface area contributed by atoms with Crippen molar-refractivity contribution in [3.05, 3.63) is 0 Å². The van der Waals surface area contributed by atoms with E-state index in [2.05, 4.69) is 5.32 Å². The Balaban J connectivity index is 2.44. The van der Waals surface area contributed by atoms with Gasteiger partial charge in [0.2, 0.25) is 6.29 Å². The second kappa shape index (κ2) is 2.33. The fraction of sp³-hybridized carbons (Fsp3) is 0.800. The predicted molar refractivity (Wildman–Crippen MR) is 29.6 cm³/mol. The summed E-state index contributed by atoms with van der Waals surface area (Å²) >= 11 is 0. The smallest absolute Gasteiger partial charge is 0.276 e. The molecule has 1 aliphatic rings. The second-order valence-electron chi connectivity index (χ2n) is 2.04. The summed E-state index contributed by atoms with van der Waals surface area (Å²) in [5, 5.41) is 11.2. The lowest BCUT2D eigenvalue weighted by molar-refractivity contribution is -0.178. The summed E-state index contributed by atoms with van der Waals surface area (Å²) in [6.07, 6.45) is -1.36. The minimum Gasteiger partial charge on any atom is -0.360 e. The number of nitrogens with one attached hydrogen (secondary N) is 1. The zero-order chi connectivity index (χ0) is 6.85. The Hall–Kier alpha value is -0.610. The molecule has 1 fully saturated rings. The number of carbonyl (C=O) groups is 1. The molecule has 0 bridgehead atoms. The highest BCUT2D eigenvalue weighted by Gasteiger charge is 2.23. The van der Waals surface area contributed by atoms with E-state index in [1.165, 1.54) is 0 Å². The highest BCUT2D eigenvalue weighted by atomic mass is 16.6. The SMILES string of the molecule is CC1CNC(=O)C(O)O1. The van der Waals surface area contributed by atoms with Crippen LogP contribution in [0.4, 0.5) is 0 Å². The van der Waals surface area contributed by atoms with Gasteiger partial charge in [0.15, 0.2) is 0 Å². The minimum absolute atomic E-state index is 0.0855. The highest BCUT2D eigenvalue weighted by molar-refractivity contribution is 5.79. The van der Waals surface area contributed by atoms with Gasteiger partial charge < -0.3 is 15.2 Å². The third-order valence-electron chi connectivity index (χ3n) is 1.15. The topological polar surface area (TPSA) is 58.6 Å². The zero-order valence-electron chi connectivity index (χ0n) is 5.13. The molecule has 0 radical (unpaired) electrons. The largest absolute Gasteiger partial charge is 0.360 e. The molecular formula is C5H9NO3. The first-order valence-electron chi connectivity index (χ1n) is 2.81. The quantitative estimate of drug-likeness (QED) is 0.436. The standard InChI is InChI=1S/C5H9NO3/c1-3-2-6-4(7)5(8)9-3/h3,5,8H,2H2,1H3,(H,6,7). The van der Waals surface area contributed by atoms with E-state index in [4.69, 9.17) is 9.84 Å². The van der Waals surface area contributed by atoms with Crippen molar-refractivity contribution in [3.63, 3.8) is 0 Å². The lowest BCUT2D eigenvalue weighted by Crippen LogP contribution is -2.48. The van der Waals surface area contributed by atoms with E-state index in [-0.39, 0.29) is 6.10 Å². The molecule has 9 heavy (non-hydrogen) atoms. The average Bonchev–Trinajstić information content (AvgIpc) is 1.80. The monoisotopic (exact) mass is 131 g/mol. The lowest BCUT2D eigenvalue weighted by Gasteiger charge is -2.23. The molecule has 2 atom stereocenters. The molecule has 1 aliphatic heterocycles. The maximum absolute atomic E-state index is 10.5. The van der Waals surface area contributed by atoms with Gasteiger partial charge in [-0.3, -0.25) is 4.79 Å². The van der Waals surface area contributed by atoms with Crippen LogP contribution in [0.15, 0.2) is 0 Å². The van der Waals surface area contributed by atoms with Gasteiger partial charge in [-0.15, -0.1) is 0 Å². The molecule has 1 heterocycles. The molecule has 0 aromatic heterocycles. The summed E-state index contributed by atoms with van der Waals surface area (Å²) in [5.74, 6) is -0.451. The molecule has 2 unspecified atom stereocenters. The summed E-state index contributed by atoms with van der Waals surface area (Å²) in [6.45, 7) is 2.26. The zero-order valence-corrected chi connectivity index (χ0v) is 5.13. The summed E-state index contributed by atoms with van der Waals surface area (Å²) in [6, 6.07) is 0. The van der Waals surface area contributed by atoms with Gasteiger partial charge in [0, 0.05) is 6.54 Å². The number of aliphatic hydroxyl groups excluding tert-OH is 1. The van der Waals surface area contributed by atoms with Crippen LogP contribution in [0.3, 0.4) is 0 Å². The van der Waals surface area contributed by atoms with Crippen molar-refractivity contribution < 1.29 is 14.6 Å². The van der Waals surface area contributed by atoms with Gasteiger partial charge in [0.1, 0.15) is 0 Å². The molecule has 4 nitrogen and oxygen atoms in total. The van der Waals surface area contributed by atoms with Crippen molar-refractivity contribution in [2.75, 3.05) is 6.54 Å². The fourth-order valence-corrected chi connectivity index (χ4v) is 0.662. The van der Waals surface area contributed by atoms with Crippen LogP contribution >= 0.6 is 0 Å². The van der Waals surface area contributed by atoms with Crippen molar-refractivity contribution in [2.45, 2.75) is 19.3 Å². The van der Waals surface area contributed by atoms with Gasteiger partial charge in [0.25, 0.3) is 5.91 Å². The van der Waals surface area contributed by atoms with Crippen molar-refractivity contribution in [1.82, 2.24) is 5.32 Å². The van der Waals surface area contributed by atoms with E-state index in [1.54, 1.807) is 6.92 Å². The Morgan fingerprint density at radius 1 is 1.89 bits per heavy atom. The van der Waals surface area contributed by atoms with Gasteiger partial charge in [-0.05, 0) is 6.92 Å². The van der Waals surface area contributed by atoms with E-state index in [1.807, 2.05) is 0 Å². The van der Waals surface area contributed by atoms with E-state index in [0.29, 0.717) is 6.54 Å². The molecule has 4 heteroatoms. The number of amides is 1. The molecule has 0 aliphatic carbocycles. The van der Waals surface area contributed by atoms with Crippen LogP contribution in [0.1, 0.15) is 6.92 Å². The van der Waals surface area contributed by atoms with Crippen LogP contribution < -0.4 is 5.32 Å². The third-order valence-corrected chi connectivity index (χ3v) is 1.15. The highest BCUT2D eigenvalue weighted by Crippen LogP contribution is 1.99. The van der Waals surface area contributed by atoms with E-state index >= 15 is 0 Å². The Labute approximate surface area is 52.8 Å². The van der Waals surface area contributed by atoms with Crippen molar-refractivity contribution in [3.8, 4) is 0 Å². The maximum atomic E-state index is 10.5. The average molecular weight is 131 g/mol. The van der Waals surface area contributed by atoms with Crippen molar-refractivity contribution in [1.29, 1.82) is 0 Å². The van der Waals surface area contributed by atoms with Gasteiger partial charge in [0.05, 0.1) is 6.10 Å². The molecule has 0 spiro atoms. The maximum Gasteiger partial charge on any atom is 0.276 e. The Bertz CT molecular complexity index is 125. The first-order chi connectivity index (χ1) is 4.20. The number of aliphatic hydroxyl groups is 1. The Morgan fingerprint density at radius 3 is 3.00 bits per heavy atom. The first-order valence-corrected chi connectivity index (χ1v) is 2.81. The summed E-state index contributed by atoms with van der Waals surface area (Å²) in [4.78, 5) is 10.5. The molecular weight excluding hydrogens is 122 g/mol. The Kier molecular flexibility index (Phi) is 1.68. The number of morpholine rings is 1. The summed E-state index contributed by atoms with van der Waals surface area (Å²) < 4.78 is 4.74. The summed E-state index contributed by atoms with van der Waals surface area (Å²) in [5.41, 5.74) is 0. The molecule has 52 valence electrons. The third kappa shape index (κ3) is 1.40. The van der Waals surface area contributed by atoms with Gasteiger partial charge in [-0.2, -0.15) is 0 Å². The van der Waals surface area contributed by atoms with Crippen molar-refractivity contribution in [2.24, 2.45) is 0 Å². The van der Waals surface area contributed by atoms with Gasteiger partial charge >= 0.3 is 0 Å². The van der Waals surface area contributed by atoms with Crippen molar-refractivity contribution >= 4 is 5.91 Å². The number of hydrogen-bond acceptors (Lipinski definition) is 3. The van der Waals surface area contributed by atoms with E-state index < -0.39 is 12.2 Å². The normalized spacial score (nSPS) is 36.0. The molecule has 1 saturated heterocycles. The molecule has 1 rings (SSSR count).